The van der Waals surface area contributed by atoms with Crippen molar-refractivity contribution >= 4 is 11.3 Å². The van der Waals surface area contributed by atoms with E-state index in [2.05, 4.69) is 15.3 Å². The molecule has 1 atom stereocenters. The summed E-state index contributed by atoms with van der Waals surface area (Å²) in [6.45, 7) is 0.863. The lowest BCUT2D eigenvalue weighted by atomic mass is 10.2. The van der Waals surface area contributed by atoms with Crippen LogP contribution in [0.2, 0.25) is 0 Å². The summed E-state index contributed by atoms with van der Waals surface area (Å²) in [5, 5.41) is 3.13. The third-order valence-electron chi connectivity index (χ3n) is 2.78. The normalized spacial score (nSPS) is 20.4. The minimum absolute atomic E-state index is 0.207. The fraction of sp³-hybridized carbons (Fsp3) is 0.455. The predicted molar refractivity (Wildman–Crippen MR) is 62.2 cm³/mol. The summed E-state index contributed by atoms with van der Waals surface area (Å²) in [5.74, 6) is 0.917. The van der Waals surface area contributed by atoms with E-state index in [-0.39, 0.29) is 6.10 Å². The minimum Gasteiger partial charge on any atom is -0.371 e. The lowest BCUT2D eigenvalue weighted by Gasteiger charge is -2.03. The molecule has 0 saturated carbocycles. The maximum absolute atomic E-state index is 5.62. The van der Waals surface area contributed by atoms with Crippen LogP contribution in [-0.4, -0.2) is 21.1 Å². The van der Waals surface area contributed by atoms with Gasteiger partial charge in [0.25, 0.3) is 0 Å². The molecule has 1 aliphatic rings. The first kappa shape index (κ1) is 9.99. The Hall–Kier alpha value is -1.20. The molecule has 0 bridgehead atoms. The molecule has 3 heterocycles. The van der Waals surface area contributed by atoms with Crippen molar-refractivity contribution in [3.05, 3.63) is 22.8 Å². The fourth-order valence-corrected chi connectivity index (χ4v) is 2.80. The maximum Gasteiger partial charge on any atom is 0.159 e. The highest BCUT2D eigenvalue weighted by molar-refractivity contribution is 7.10. The van der Waals surface area contributed by atoms with E-state index in [0.29, 0.717) is 0 Å². The van der Waals surface area contributed by atoms with Crippen molar-refractivity contribution in [2.75, 3.05) is 6.61 Å². The van der Waals surface area contributed by atoms with Crippen LogP contribution in [-0.2, 0) is 11.8 Å². The number of rotatable bonds is 2. The summed E-state index contributed by atoms with van der Waals surface area (Å²) in [5.41, 5.74) is 0.947. The fourth-order valence-electron chi connectivity index (χ4n) is 1.92. The first-order valence-electron chi connectivity index (χ1n) is 5.39. The Labute approximate surface area is 97.9 Å². The number of hydrogen-bond acceptors (Lipinski definition) is 4. The molecule has 1 fully saturated rings. The number of aryl methyl sites for hydroxylation is 1. The van der Waals surface area contributed by atoms with Crippen molar-refractivity contribution in [1.82, 2.24) is 14.5 Å². The minimum atomic E-state index is 0.207. The number of imidazole rings is 1. The Morgan fingerprint density at radius 3 is 3.19 bits per heavy atom. The van der Waals surface area contributed by atoms with Gasteiger partial charge >= 0.3 is 0 Å². The van der Waals surface area contributed by atoms with Crippen molar-refractivity contribution in [2.45, 2.75) is 18.9 Å². The smallest absolute Gasteiger partial charge is 0.159 e. The van der Waals surface area contributed by atoms with Gasteiger partial charge in [-0.1, -0.05) is 0 Å². The second-order valence-electron chi connectivity index (χ2n) is 3.93. The average molecular weight is 235 g/mol. The molecule has 0 amide bonds. The van der Waals surface area contributed by atoms with E-state index in [0.717, 1.165) is 36.0 Å². The third kappa shape index (κ3) is 1.66. The molecule has 1 aliphatic heterocycles. The summed E-state index contributed by atoms with van der Waals surface area (Å²) in [6, 6.07) is 0. The first-order chi connectivity index (χ1) is 7.84. The number of aromatic nitrogens is 3. The monoisotopic (exact) mass is 235 g/mol. The van der Waals surface area contributed by atoms with Gasteiger partial charge in [-0.3, -0.25) is 0 Å². The van der Waals surface area contributed by atoms with Gasteiger partial charge in [0.05, 0.1) is 0 Å². The van der Waals surface area contributed by atoms with Gasteiger partial charge in [0.1, 0.15) is 16.8 Å². The number of thiazole rings is 1. The Morgan fingerprint density at radius 2 is 2.50 bits per heavy atom. The molecule has 16 heavy (non-hydrogen) atoms. The largest absolute Gasteiger partial charge is 0.371 e. The van der Waals surface area contributed by atoms with Crippen LogP contribution < -0.4 is 0 Å². The van der Waals surface area contributed by atoms with E-state index in [4.69, 9.17) is 4.74 Å². The quantitative estimate of drug-likeness (QED) is 0.802. The van der Waals surface area contributed by atoms with E-state index >= 15 is 0 Å². The molecule has 0 radical (unpaired) electrons. The summed E-state index contributed by atoms with van der Waals surface area (Å²) in [4.78, 5) is 8.90. The molecule has 0 spiro atoms. The molecule has 84 valence electrons. The van der Waals surface area contributed by atoms with Crippen LogP contribution in [0.3, 0.4) is 0 Å². The second-order valence-corrected chi connectivity index (χ2v) is 4.82. The van der Waals surface area contributed by atoms with Crippen molar-refractivity contribution in [1.29, 1.82) is 0 Å². The van der Waals surface area contributed by atoms with Crippen molar-refractivity contribution in [3.63, 3.8) is 0 Å². The van der Waals surface area contributed by atoms with Gasteiger partial charge in [0.15, 0.2) is 5.82 Å². The highest BCUT2D eigenvalue weighted by Crippen LogP contribution is 2.32. The van der Waals surface area contributed by atoms with Gasteiger partial charge in [-0.25, -0.2) is 9.97 Å². The van der Waals surface area contributed by atoms with E-state index in [1.807, 2.05) is 17.8 Å². The lowest BCUT2D eigenvalue weighted by molar-refractivity contribution is 0.112. The van der Waals surface area contributed by atoms with Crippen LogP contribution in [0.25, 0.3) is 11.5 Å². The van der Waals surface area contributed by atoms with Crippen LogP contribution in [0.5, 0.6) is 0 Å². The summed E-state index contributed by atoms with van der Waals surface area (Å²) in [7, 11) is 1.98. The zero-order chi connectivity index (χ0) is 11.0. The van der Waals surface area contributed by atoms with Gasteiger partial charge in [0.2, 0.25) is 0 Å². The van der Waals surface area contributed by atoms with Crippen LogP contribution in [0, 0.1) is 0 Å². The maximum atomic E-state index is 5.62. The highest BCUT2D eigenvalue weighted by Gasteiger charge is 2.21. The molecular weight excluding hydrogens is 222 g/mol. The second kappa shape index (κ2) is 3.99. The van der Waals surface area contributed by atoms with E-state index in [1.165, 1.54) is 0 Å². The standard InChI is InChI=1S/C11H13N3OS/c1-14-5-4-12-10(14)8-7-16-11(13-8)9-3-2-6-15-9/h4-5,7,9H,2-3,6H2,1H3/t9-/m0/s1. The Kier molecular flexibility index (Phi) is 2.49. The topological polar surface area (TPSA) is 39.9 Å². The highest BCUT2D eigenvalue weighted by atomic mass is 32.1. The Morgan fingerprint density at radius 1 is 1.56 bits per heavy atom. The Balaban J connectivity index is 1.90. The van der Waals surface area contributed by atoms with Crippen molar-refractivity contribution in [2.24, 2.45) is 7.05 Å². The molecule has 4 nitrogen and oxygen atoms in total. The number of nitrogens with zero attached hydrogens (tertiary/aromatic N) is 3. The van der Waals surface area contributed by atoms with Gasteiger partial charge in [-0.15, -0.1) is 11.3 Å². The zero-order valence-corrected chi connectivity index (χ0v) is 9.91. The van der Waals surface area contributed by atoms with Crippen molar-refractivity contribution in [3.8, 4) is 11.5 Å². The van der Waals surface area contributed by atoms with Crippen molar-refractivity contribution < 1.29 is 4.74 Å². The lowest BCUT2D eigenvalue weighted by Crippen LogP contribution is -1.96. The zero-order valence-electron chi connectivity index (χ0n) is 9.09. The molecule has 0 N–H and O–H groups in total. The molecule has 0 aromatic carbocycles. The molecule has 3 rings (SSSR count). The average Bonchev–Trinajstić information content (AvgIpc) is 2.96. The van der Waals surface area contributed by atoms with E-state index < -0.39 is 0 Å². The molecule has 2 aromatic heterocycles. The molecule has 1 saturated heterocycles. The van der Waals surface area contributed by atoms with Crippen LogP contribution in [0.15, 0.2) is 17.8 Å². The summed E-state index contributed by atoms with van der Waals surface area (Å²) in [6.07, 6.45) is 6.16. The van der Waals surface area contributed by atoms with E-state index in [9.17, 15) is 0 Å². The van der Waals surface area contributed by atoms with Gasteiger partial charge < -0.3 is 9.30 Å². The van der Waals surface area contributed by atoms with Gasteiger partial charge in [-0.2, -0.15) is 0 Å². The number of ether oxygens (including phenoxy) is 1. The summed E-state index contributed by atoms with van der Waals surface area (Å²) >= 11 is 1.66. The van der Waals surface area contributed by atoms with E-state index in [1.54, 1.807) is 17.5 Å². The third-order valence-corrected chi connectivity index (χ3v) is 3.71. The van der Waals surface area contributed by atoms with Gasteiger partial charge in [0, 0.05) is 31.4 Å². The SMILES string of the molecule is Cn1ccnc1-c1csc([C@@H]2CCCO2)n1. The van der Waals surface area contributed by atoms with Crippen LogP contribution in [0.1, 0.15) is 24.0 Å². The molecule has 0 unspecified atom stereocenters. The number of hydrogen-bond donors (Lipinski definition) is 0. The summed E-state index contributed by atoms with van der Waals surface area (Å²) < 4.78 is 7.60. The molecule has 5 heteroatoms. The Bertz CT molecular complexity index is 485. The van der Waals surface area contributed by atoms with Crippen LogP contribution >= 0.6 is 11.3 Å². The first-order valence-corrected chi connectivity index (χ1v) is 6.27. The predicted octanol–water partition coefficient (Wildman–Crippen LogP) is 2.40. The van der Waals surface area contributed by atoms with Crippen LogP contribution in [0.4, 0.5) is 0 Å². The van der Waals surface area contributed by atoms with Gasteiger partial charge in [-0.05, 0) is 12.8 Å². The molecular formula is C11H13N3OS. The molecule has 2 aromatic rings. The molecule has 0 aliphatic carbocycles.